The van der Waals surface area contributed by atoms with Crippen LogP contribution < -0.4 is 5.32 Å². The molecule has 1 aliphatic rings. The maximum absolute atomic E-state index is 12.5. The molecule has 100 valence electrons. The van der Waals surface area contributed by atoms with E-state index < -0.39 is 0 Å². The number of ketones is 1. The molecule has 0 bridgehead atoms. The van der Waals surface area contributed by atoms with Crippen LogP contribution >= 0.6 is 0 Å². The number of fused-ring (bicyclic) bond motifs is 1. The van der Waals surface area contributed by atoms with Crippen LogP contribution in [0.1, 0.15) is 43.6 Å². The number of amides is 1. The first-order valence-corrected chi connectivity index (χ1v) is 6.55. The van der Waals surface area contributed by atoms with E-state index in [-0.39, 0.29) is 17.1 Å². The van der Waals surface area contributed by atoms with Gasteiger partial charge in [0, 0.05) is 12.1 Å². The zero-order chi connectivity index (χ0) is 14.2. The highest BCUT2D eigenvalue weighted by Crippen LogP contribution is 2.43. The lowest BCUT2D eigenvalue weighted by Gasteiger charge is -2.22. The molecular weight excluding hydrogens is 238 g/mol. The highest BCUT2D eigenvalue weighted by Gasteiger charge is 2.38. The van der Waals surface area contributed by atoms with Crippen LogP contribution in [0.5, 0.6) is 0 Å². The molecule has 0 spiro atoms. The second-order valence-corrected chi connectivity index (χ2v) is 5.73. The van der Waals surface area contributed by atoms with E-state index in [9.17, 15) is 9.59 Å². The molecule has 1 amide bonds. The summed E-state index contributed by atoms with van der Waals surface area (Å²) in [6.45, 7) is 8.44. The Morgan fingerprint density at radius 2 is 1.74 bits per heavy atom. The molecule has 0 aliphatic heterocycles. The first kappa shape index (κ1) is 13.5. The van der Waals surface area contributed by atoms with Crippen LogP contribution in [0.15, 0.2) is 29.8 Å². The summed E-state index contributed by atoms with van der Waals surface area (Å²) in [5, 5.41) is 2.74. The van der Waals surface area contributed by atoms with E-state index in [0.717, 1.165) is 11.1 Å². The highest BCUT2D eigenvalue weighted by molar-refractivity contribution is 6.35. The maximum Gasteiger partial charge on any atom is 0.255 e. The van der Waals surface area contributed by atoms with Gasteiger partial charge in [0.15, 0.2) is 5.78 Å². The van der Waals surface area contributed by atoms with Gasteiger partial charge in [-0.25, -0.2) is 0 Å². The highest BCUT2D eigenvalue weighted by atomic mass is 16.2. The largest absolute Gasteiger partial charge is 0.352 e. The van der Waals surface area contributed by atoms with Crippen molar-refractivity contribution in [3.8, 4) is 0 Å². The minimum atomic E-state index is -0.270. The molecule has 1 aromatic rings. The van der Waals surface area contributed by atoms with Crippen LogP contribution in [-0.4, -0.2) is 18.2 Å². The summed E-state index contributed by atoms with van der Waals surface area (Å²) in [5.74, 6) is -0.430. The minimum Gasteiger partial charge on any atom is -0.352 e. The smallest absolute Gasteiger partial charge is 0.255 e. The maximum atomic E-state index is 12.5. The normalized spacial score (nSPS) is 14.6. The standard InChI is InChI=1S/C16H19NO2/c1-5-17-15(19)12-13(16(2,3)4)10-8-6-7-9-11(10)14(12)18/h6-9H,5H2,1-4H3,(H,17,19). The number of nitrogens with one attached hydrogen (secondary N) is 1. The van der Waals surface area contributed by atoms with Gasteiger partial charge < -0.3 is 5.32 Å². The van der Waals surface area contributed by atoms with Crippen LogP contribution in [0, 0.1) is 5.41 Å². The molecule has 3 heteroatoms. The number of allylic oxidation sites excluding steroid dienone is 1. The van der Waals surface area contributed by atoms with Crippen LogP contribution in [0.4, 0.5) is 0 Å². The molecule has 1 aromatic carbocycles. The first-order chi connectivity index (χ1) is 8.88. The second kappa shape index (κ2) is 4.65. The molecule has 0 fully saturated rings. The Hall–Kier alpha value is -1.90. The quantitative estimate of drug-likeness (QED) is 0.828. The fourth-order valence-electron chi connectivity index (χ4n) is 2.53. The topological polar surface area (TPSA) is 46.2 Å². The number of carbonyl (C=O) groups is 2. The summed E-state index contributed by atoms with van der Waals surface area (Å²) in [7, 11) is 0. The van der Waals surface area contributed by atoms with Gasteiger partial charge in [-0.05, 0) is 23.5 Å². The zero-order valence-corrected chi connectivity index (χ0v) is 11.8. The Kier molecular flexibility index (Phi) is 3.31. The third-order valence-corrected chi connectivity index (χ3v) is 3.23. The predicted molar refractivity (Wildman–Crippen MR) is 75.8 cm³/mol. The van der Waals surface area contributed by atoms with E-state index in [1.807, 2.05) is 45.9 Å². The van der Waals surface area contributed by atoms with Crippen LogP contribution in [0.3, 0.4) is 0 Å². The molecule has 0 saturated carbocycles. The number of carbonyl (C=O) groups excluding carboxylic acids is 2. The summed E-state index contributed by atoms with van der Waals surface area (Å²) >= 11 is 0. The molecule has 0 radical (unpaired) electrons. The lowest BCUT2D eigenvalue weighted by Crippen LogP contribution is -2.28. The molecule has 0 atom stereocenters. The molecule has 19 heavy (non-hydrogen) atoms. The van der Waals surface area contributed by atoms with Crippen molar-refractivity contribution in [2.24, 2.45) is 5.41 Å². The van der Waals surface area contributed by atoms with Crippen molar-refractivity contribution in [3.63, 3.8) is 0 Å². The van der Waals surface area contributed by atoms with Gasteiger partial charge in [-0.15, -0.1) is 0 Å². The molecule has 0 saturated heterocycles. The Morgan fingerprint density at radius 3 is 2.26 bits per heavy atom. The van der Waals surface area contributed by atoms with Crippen molar-refractivity contribution >= 4 is 17.3 Å². The van der Waals surface area contributed by atoms with E-state index in [1.165, 1.54) is 0 Å². The van der Waals surface area contributed by atoms with Crippen LogP contribution in [0.25, 0.3) is 5.57 Å². The van der Waals surface area contributed by atoms with Gasteiger partial charge >= 0.3 is 0 Å². The van der Waals surface area contributed by atoms with Crippen molar-refractivity contribution in [3.05, 3.63) is 41.0 Å². The van der Waals surface area contributed by atoms with Gasteiger partial charge in [0.05, 0.1) is 5.57 Å². The van der Waals surface area contributed by atoms with E-state index in [2.05, 4.69) is 5.32 Å². The third kappa shape index (κ3) is 2.21. The molecule has 1 aliphatic carbocycles. The molecule has 0 heterocycles. The summed E-state index contributed by atoms with van der Waals surface area (Å²) in [4.78, 5) is 24.6. The molecule has 0 unspecified atom stereocenters. The Morgan fingerprint density at radius 1 is 1.16 bits per heavy atom. The second-order valence-electron chi connectivity index (χ2n) is 5.73. The fourth-order valence-corrected chi connectivity index (χ4v) is 2.53. The molecule has 1 N–H and O–H groups in total. The first-order valence-electron chi connectivity index (χ1n) is 6.55. The fraction of sp³-hybridized carbons (Fsp3) is 0.375. The predicted octanol–water partition coefficient (Wildman–Crippen LogP) is 2.82. The lowest BCUT2D eigenvalue weighted by molar-refractivity contribution is -0.117. The molecule has 2 rings (SSSR count). The number of rotatable bonds is 2. The number of hydrogen-bond acceptors (Lipinski definition) is 2. The van der Waals surface area contributed by atoms with Crippen molar-refractivity contribution < 1.29 is 9.59 Å². The number of Topliss-reactive ketones (excluding diaryl/α,β-unsaturated/α-hetero) is 1. The SMILES string of the molecule is CCNC(=O)C1=C(C(C)(C)C)c2ccccc2C1=O. The van der Waals surface area contributed by atoms with Gasteiger partial charge in [0.2, 0.25) is 0 Å². The summed E-state index contributed by atoms with van der Waals surface area (Å²) in [6.07, 6.45) is 0. The average Bonchev–Trinajstić information content (AvgIpc) is 2.63. The van der Waals surface area contributed by atoms with Gasteiger partial charge in [-0.2, -0.15) is 0 Å². The van der Waals surface area contributed by atoms with Crippen molar-refractivity contribution in [1.29, 1.82) is 0 Å². The average molecular weight is 257 g/mol. The lowest BCUT2D eigenvalue weighted by atomic mass is 9.81. The number of benzene rings is 1. The zero-order valence-electron chi connectivity index (χ0n) is 11.8. The minimum absolute atomic E-state index is 0.161. The van der Waals surface area contributed by atoms with Gasteiger partial charge in [-0.3, -0.25) is 9.59 Å². The third-order valence-electron chi connectivity index (χ3n) is 3.23. The van der Waals surface area contributed by atoms with E-state index >= 15 is 0 Å². The Bertz CT molecular complexity index is 577. The van der Waals surface area contributed by atoms with Crippen molar-refractivity contribution in [2.75, 3.05) is 6.54 Å². The molecular formula is C16H19NO2. The Balaban J connectivity index is 2.66. The van der Waals surface area contributed by atoms with Gasteiger partial charge in [0.25, 0.3) is 5.91 Å². The monoisotopic (exact) mass is 257 g/mol. The van der Waals surface area contributed by atoms with E-state index in [4.69, 9.17) is 0 Å². The van der Waals surface area contributed by atoms with Gasteiger partial charge in [0.1, 0.15) is 0 Å². The number of likely N-dealkylation sites (N-methyl/N-ethyl adjacent to an activating group) is 1. The van der Waals surface area contributed by atoms with Crippen LogP contribution in [0.2, 0.25) is 0 Å². The Labute approximate surface area is 113 Å². The summed E-state index contributed by atoms with van der Waals surface area (Å²) < 4.78 is 0. The molecule has 3 nitrogen and oxygen atoms in total. The van der Waals surface area contributed by atoms with Crippen molar-refractivity contribution in [1.82, 2.24) is 5.32 Å². The molecule has 0 aromatic heterocycles. The van der Waals surface area contributed by atoms with E-state index in [0.29, 0.717) is 17.7 Å². The number of hydrogen-bond donors (Lipinski definition) is 1. The van der Waals surface area contributed by atoms with Crippen molar-refractivity contribution in [2.45, 2.75) is 27.7 Å². The summed E-state index contributed by atoms with van der Waals surface area (Å²) in [5.41, 5.74) is 2.42. The van der Waals surface area contributed by atoms with E-state index in [1.54, 1.807) is 6.07 Å². The summed E-state index contributed by atoms with van der Waals surface area (Å²) in [6, 6.07) is 7.44. The van der Waals surface area contributed by atoms with Crippen LogP contribution in [-0.2, 0) is 4.79 Å². The van der Waals surface area contributed by atoms with Gasteiger partial charge in [-0.1, -0.05) is 45.0 Å².